The van der Waals surface area contributed by atoms with E-state index in [1.807, 2.05) is 38.2 Å². The number of hydrogen-bond donors (Lipinski definition) is 0. The molecule has 0 N–H and O–H groups in total. The Hall–Kier alpha value is -4.21. The Morgan fingerprint density at radius 1 is 0.963 bits per heavy atom. The summed E-state index contributed by atoms with van der Waals surface area (Å²) in [5.41, 5.74) is 12.2. The normalized spacial score (nSPS) is 21.0. The van der Waals surface area contributed by atoms with Crippen LogP contribution in [0.3, 0.4) is 0 Å². The number of fused-ring (bicyclic) bond motifs is 7. The minimum absolute atomic E-state index is 0. The predicted octanol–water partition coefficient (Wildman–Crippen LogP) is 11.3. The number of aliphatic imine (C=N–C) groups is 1. The van der Waals surface area contributed by atoms with E-state index >= 15 is 0 Å². The number of pyridine rings is 1. The third kappa shape index (κ3) is 5.59. The summed E-state index contributed by atoms with van der Waals surface area (Å²) in [5.74, 6) is 1.74. The minimum atomic E-state index is -1.70. The number of aromatic nitrogens is 2. The van der Waals surface area contributed by atoms with E-state index in [1.165, 1.54) is 27.6 Å². The van der Waals surface area contributed by atoms with E-state index in [0.29, 0.717) is 34.9 Å². The molecule has 4 heterocycles. The molecule has 0 unspecified atom stereocenters. The summed E-state index contributed by atoms with van der Waals surface area (Å²) in [6, 6.07) is 25.9. The third-order valence-corrected chi connectivity index (χ3v) is 11.8. The molecular weight excluding hydrogens is 846 g/mol. The molecule has 278 valence electrons. The van der Waals surface area contributed by atoms with Crippen LogP contribution >= 0.6 is 0 Å². The van der Waals surface area contributed by atoms with E-state index in [4.69, 9.17) is 19.5 Å². The van der Waals surface area contributed by atoms with Crippen LogP contribution in [0.4, 0.5) is 0 Å². The van der Waals surface area contributed by atoms with E-state index in [2.05, 4.69) is 115 Å². The van der Waals surface area contributed by atoms with Gasteiger partial charge in [-0.25, -0.2) is 4.98 Å². The Balaban J connectivity index is 0.00000441. The molecule has 54 heavy (non-hydrogen) atoms. The van der Waals surface area contributed by atoms with Gasteiger partial charge in [0.1, 0.15) is 17.1 Å². The molecule has 2 atom stereocenters. The van der Waals surface area contributed by atoms with Crippen molar-refractivity contribution in [2.45, 2.75) is 117 Å². The molecule has 1 aliphatic carbocycles. The first-order chi connectivity index (χ1) is 25.8. The second-order valence-corrected chi connectivity index (χ2v) is 17.7. The van der Waals surface area contributed by atoms with Crippen molar-refractivity contribution in [2.24, 2.45) is 4.99 Å². The van der Waals surface area contributed by atoms with E-state index in [-0.39, 0.29) is 37.8 Å². The molecule has 2 aromatic heterocycles. The quantitative estimate of drug-likeness (QED) is 0.166. The van der Waals surface area contributed by atoms with Crippen LogP contribution in [-0.2, 0) is 49.4 Å². The van der Waals surface area contributed by atoms with E-state index < -0.39 is 18.0 Å². The van der Waals surface area contributed by atoms with Crippen molar-refractivity contribution in [3.05, 3.63) is 129 Å². The molecule has 0 saturated carbocycles. The van der Waals surface area contributed by atoms with Crippen LogP contribution in [-0.4, -0.2) is 27.1 Å². The first-order valence-electron chi connectivity index (χ1n) is 19.9. The molecule has 0 bridgehead atoms. The van der Waals surface area contributed by atoms with Gasteiger partial charge in [0.25, 0.3) is 0 Å². The Kier molecular flexibility index (Phi) is 7.87. The zero-order valence-electron chi connectivity index (χ0n) is 35.1. The second-order valence-electron chi connectivity index (χ2n) is 17.7. The van der Waals surface area contributed by atoms with Crippen LogP contribution in [0.5, 0.6) is 11.5 Å². The summed E-state index contributed by atoms with van der Waals surface area (Å²) in [6.45, 7) is 23.9. The molecule has 6 aromatic rings. The fourth-order valence-corrected chi connectivity index (χ4v) is 8.66. The number of nitrogens with zero attached hydrogens (tertiary/aromatic N) is 3. The molecule has 0 spiro atoms. The minimum Gasteiger partial charge on any atom is -0.512 e. The number of aryl methyl sites for hydroxylation is 3. The van der Waals surface area contributed by atoms with Crippen molar-refractivity contribution in [3.63, 3.8) is 0 Å². The van der Waals surface area contributed by atoms with E-state index in [9.17, 15) is 2.74 Å². The zero-order valence-corrected chi connectivity index (χ0v) is 35.4. The SMILES string of the molecule is [2H]C1([2H])c2cc(C)cc(C)c2C[C@]2(C)OC(c3[c-]c(Oc4[c-]c5c(cc4C)C(C)(C)c4cc(C(C)(C)C)cc6c7cccnc7n-5c46)cc(C(C)C)c3)=N[C@@H]12.[Pt+2]. The average Bonchev–Trinajstić information content (AvgIpc) is 3.64. The topological polar surface area (TPSA) is 48.6 Å². The van der Waals surface area contributed by atoms with Crippen LogP contribution in [0.1, 0.15) is 120 Å². The van der Waals surface area contributed by atoms with E-state index in [1.54, 1.807) is 0 Å². The maximum Gasteiger partial charge on any atom is 2.00 e. The molecule has 5 nitrogen and oxygen atoms in total. The fourth-order valence-electron chi connectivity index (χ4n) is 8.66. The molecule has 6 heteroatoms. The number of ether oxygens (including phenoxy) is 2. The van der Waals surface area contributed by atoms with Crippen LogP contribution in [0.25, 0.3) is 27.6 Å². The van der Waals surface area contributed by atoms with Crippen LogP contribution in [0, 0.1) is 32.9 Å². The van der Waals surface area contributed by atoms with Crippen molar-refractivity contribution in [2.75, 3.05) is 0 Å². The van der Waals surface area contributed by atoms with Crippen molar-refractivity contribution in [3.8, 4) is 17.2 Å². The van der Waals surface area contributed by atoms with Gasteiger partial charge in [-0.05, 0) is 89.9 Å². The molecule has 3 aliphatic rings. The predicted molar refractivity (Wildman–Crippen MR) is 216 cm³/mol. The smallest absolute Gasteiger partial charge is 0.512 e. The maximum atomic E-state index is 9.33. The van der Waals surface area contributed by atoms with Crippen molar-refractivity contribution < 1.29 is 33.3 Å². The molecule has 0 radical (unpaired) electrons. The van der Waals surface area contributed by atoms with Gasteiger partial charge in [-0.15, -0.1) is 28.8 Å². The monoisotopic (exact) mass is 896 g/mol. The largest absolute Gasteiger partial charge is 2.00 e. The number of rotatable bonds is 4. The van der Waals surface area contributed by atoms with Gasteiger partial charge >= 0.3 is 21.1 Å². The van der Waals surface area contributed by atoms with Crippen LogP contribution in [0.15, 0.2) is 65.8 Å². The van der Waals surface area contributed by atoms with Gasteiger partial charge in [0.15, 0.2) is 0 Å². The standard InChI is InChI=1S/C48H49N3O2.Pt/c1-26(2)30-18-32(45-50-42-21-31-16-27(3)15-28(4)37(31)25-48(42,11)53-45)20-34(19-30)52-41-24-40-38(17-29(41)5)47(9,10)39-23-33(46(6,7)8)22-36-35-13-12-14-49-44(35)51(40)43(36)39;/h12-19,22-23,26,42H,21,25H2,1-11H3;/q-2;+2/t42-,48-;/m0./s1/i21D2;. The summed E-state index contributed by atoms with van der Waals surface area (Å²) >= 11 is 0. The Morgan fingerprint density at radius 2 is 1.74 bits per heavy atom. The van der Waals surface area contributed by atoms with Gasteiger partial charge in [-0.3, -0.25) is 4.99 Å². The average molecular weight is 897 g/mol. The van der Waals surface area contributed by atoms with Crippen LogP contribution in [0.2, 0.25) is 0 Å². The Bertz CT molecular complexity index is 2670. The second kappa shape index (κ2) is 12.4. The molecular formula is C48H49N3O2Pt. The van der Waals surface area contributed by atoms with Gasteiger partial charge in [-0.2, -0.15) is 6.07 Å². The van der Waals surface area contributed by atoms with Gasteiger partial charge in [0.2, 0.25) is 0 Å². The third-order valence-electron chi connectivity index (χ3n) is 11.8. The summed E-state index contributed by atoms with van der Waals surface area (Å²) in [7, 11) is 0. The Labute approximate surface area is 337 Å². The first kappa shape index (κ1) is 34.3. The molecule has 0 fully saturated rings. The van der Waals surface area contributed by atoms with Crippen LogP contribution < -0.4 is 4.74 Å². The first-order valence-corrected chi connectivity index (χ1v) is 18.9. The molecule has 4 aromatic carbocycles. The summed E-state index contributed by atoms with van der Waals surface area (Å²) < 4.78 is 34.5. The maximum absolute atomic E-state index is 9.33. The summed E-state index contributed by atoms with van der Waals surface area (Å²) in [6.07, 6.45) is 0.745. The molecule has 0 saturated heterocycles. The van der Waals surface area contributed by atoms with Crippen molar-refractivity contribution >= 4 is 27.8 Å². The van der Waals surface area contributed by atoms with Gasteiger partial charge < -0.3 is 14.0 Å². The molecule has 2 aliphatic heterocycles. The van der Waals surface area contributed by atoms with Crippen molar-refractivity contribution in [1.82, 2.24) is 9.55 Å². The summed E-state index contributed by atoms with van der Waals surface area (Å²) in [4.78, 5) is 9.94. The number of benzene rings is 4. The number of hydrogen-bond acceptors (Lipinski definition) is 4. The van der Waals surface area contributed by atoms with E-state index in [0.717, 1.165) is 44.5 Å². The zero-order chi connectivity index (χ0) is 39.1. The van der Waals surface area contributed by atoms with Crippen molar-refractivity contribution in [1.29, 1.82) is 0 Å². The van der Waals surface area contributed by atoms with Gasteiger partial charge in [0, 0.05) is 37.6 Å². The van der Waals surface area contributed by atoms with Gasteiger partial charge in [-0.1, -0.05) is 103 Å². The molecule has 9 rings (SSSR count). The van der Waals surface area contributed by atoms with Gasteiger partial charge in [0.05, 0.1) is 11.6 Å². The summed E-state index contributed by atoms with van der Waals surface area (Å²) in [5, 5.41) is 2.32. The fraction of sp³-hybridized carbons (Fsp3) is 0.375. The molecule has 0 amide bonds. The Morgan fingerprint density at radius 3 is 2.48 bits per heavy atom.